The maximum atomic E-state index is 12.6. The van der Waals surface area contributed by atoms with Crippen molar-refractivity contribution in [1.29, 1.82) is 0 Å². The lowest BCUT2D eigenvalue weighted by molar-refractivity contribution is -0.159. The summed E-state index contributed by atoms with van der Waals surface area (Å²) in [6.07, 6.45) is 4.56. The molecule has 7 nitrogen and oxygen atoms in total. The SMILES string of the molecule is CC(C)[C@@H]1CC[C@H](C)C[C@@H]1OC(=O)COC(=O)c1ccc(S(=O)(=O)N2CCCC2)cc1. The van der Waals surface area contributed by atoms with Gasteiger partial charge in [-0.2, -0.15) is 4.31 Å². The number of hydrogen-bond acceptors (Lipinski definition) is 6. The number of nitrogens with zero attached hydrogens (tertiary/aromatic N) is 1. The maximum Gasteiger partial charge on any atom is 0.344 e. The highest BCUT2D eigenvalue weighted by Gasteiger charge is 2.33. The van der Waals surface area contributed by atoms with Crippen LogP contribution in [0, 0.1) is 17.8 Å². The molecule has 0 amide bonds. The number of sulfonamides is 1. The van der Waals surface area contributed by atoms with Crippen LogP contribution in [0.3, 0.4) is 0 Å². The van der Waals surface area contributed by atoms with Crippen molar-refractivity contribution in [3.63, 3.8) is 0 Å². The summed E-state index contributed by atoms with van der Waals surface area (Å²) < 4.78 is 37.3. The molecule has 1 aromatic rings. The van der Waals surface area contributed by atoms with Gasteiger partial charge in [0.05, 0.1) is 10.5 Å². The molecule has 1 aromatic carbocycles. The van der Waals surface area contributed by atoms with Gasteiger partial charge in [-0.3, -0.25) is 0 Å². The van der Waals surface area contributed by atoms with Crippen molar-refractivity contribution in [1.82, 2.24) is 4.31 Å². The van der Waals surface area contributed by atoms with Crippen molar-refractivity contribution in [3.8, 4) is 0 Å². The average molecular weight is 452 g/mol. The third-order valence-corrected chi connectivity index (χ3v) is 8.27. The van der Waals surface area contributed by atoms with E-state index in [4.69, 9.17) is 9.47 Å². The van der Waals surface area contributed by atoms with Gasteiger partial charge in [0.1, 0.15) is 6.10 Å². The lowest BCUT2D eigenvalue weighted by Gasteiger charge is -2.36. The van der Waals surface area contributed by atoms with Crippen LogP contribution in [-0.4, -0.2) is 50.5 Å². The molecule has 0 unspecified atom stereocenters. The van der Waals surface area contributed by atoms with Crippen LogP contribution in [0.25, 0.3) is 0 Å². The van der Waals surface area contributed by atoms with Gasteiger partial charge in [0.2, 0.25) is 10.0 Å². The first kappa shape index (κ1) is 23.7. The van der Waals surface area contributed by atoms with Gasteiger partial charge in [-0.25, -0.2) is 18.0 Å². The van der Waals surface area contributed by atoms with Crippen LogP contribution >= 0.6 is 0 Å². The van der Waals surface area contributed by atoms with Gasteiger partial charge in [0.15, 0.2) is 6.61 Å². The molecule has 0 N–H and O–H groups in total. The zero-order valence-electron chi connectivity index (χ0n) is 18.6. The molecule has 31 heavy (non-hydrogen) atoms. The molecule has 1 saturated heterocycles. The Bertz CT molecular complexity index is 874. The molecule has 3 rings (SSSR count). The summed E-state index contributed by atoms with van der Waals surface area (Å²) in [5.41, 5.74) is 0.194. The molecule has 2 fully saturated rings. The molecule has 1 saturated carbocycles. The second kappa shape index (κ2) is 10.1. The second-order valence-electron chi connectivity index (χ2n) is 9.07. The van der Waals surface area contributed by atoms with Crippen LogP contribution in [0.4, 0.5) is 0 Å². The number of hydrogen-bond donors (Lipinski definition) is 0. The van der Waals surface area contributed by atoms with E-state index in [2.05, 4.69) is 20.8 Å². The van der Waals surface area contributed by atoms with Crippen molar-refractivity contribution >= 4 is 22.0 Å². The highest BCUT2D eigenvalue weighted by Crippen LogP contribution is 2.35. The minimum absolute atomic E-state index is 0.148. The summed E-state index contributed by atoms with van der Waals surface area (Å²) in [5.74, 6) is 0.0145. The summed E-state index contributed by atoms with van der Waals surface area (Å²) in [6.45, 7) is 7.01. The largest absolute Gasteiger partial charge is 0.460 e. The molecular formula is C23H33NO6S. The van der Waals surface area contributed by atoms with E-state index in [-0.39, 0.29) is 16.6 Å². The van der Waals surface area contributed by atoms with E-state index < -0.39 is 28.6 Å². The topological polar surface area (TPSA) is 90.0 Å². The summed E-state index contributed by atoms with van der Waals surface area (Å²) in [6, 6.07) is 5.63. The fourth-order valence-electron chi connectivity index (χ4n) is 4.50. The molecular weight excluding hydrogens is 418 g/mol. The molecule has 1 heterocycles. The minimum Gasteiger partial charge on any atom is -0.460 e. The number of carbonyl (C=O) groups is 2. The maximum absolute atomic E-state index is 12.6. The summed E-state index contributed by atoms with van der Waals surface area (Å²) in [7, 11) is -3.53. The highest BCUT2D eigenvalue weighted by molar-refractivity contribution is 7.89. The molecule has 0 aromatic heterocycles. The van der Waals surface area contributed by atoms with Gasteiger partial charge in [0.25, 0.3) is 0 Å². The molecule has 1 aliphatic carbocycles. The third-order valence-electron chi connectivity index (χ3n) is 6.36. The normalized spacial score (nSPS) is 24.8. The highest BCUT2D eigenvalue weighted by atomic mass is 32.2. The summed E-state index contributed by atoms with van der Waals surface area (Å²) >= 11 is 0. The number of carbonyl (C=O) groups excluding carboxylic acids is 2. The number of rotatable bonds is 7. The van der Waals surface area contributed by atoms with Crippen LogP contribution in [0.1, 0.15) is 63.2 Å². The van der Waals surface area contributed by atoms with E-state index >= 15 is 0 Å². The van der Waals surface area contributed by atoms with Crippen LogP contribution < -0.4 is 0 Å². The Morgan fingerprint density at radius 2 is 1.74 bits per heavy atom. The van der Waals surface area contributed by atoms with Gasteiger partial charge in [-0.1, -0.05) is 27.2 Å². The van der Waals surface area contributed by atoms with Gasteiger partial charge in [-0.15, -0.1) is 0 Å². The van der Waals surface area contributed by atoms with Gasteiger partial charge < -0.3 is 9.47 Å². The van der Waals surface area contributed by atoms with Crippen LogP contribution in [0.2, 0.25) is 0 Å². The first-order chi connectivity index (χ1) is 14.7. The summed E-state index contributed by atoms with van der Waals surface area (Å²) in [5, 5.41) is 0. The second-order valence-corrected chi connectivity index (χ2v) is 11.0. The van der Waals surface area contributed by atoms with Crippen molar-refractivity contribution in [2.45, 2.75) is 63.9 Å². The summed E-state index contributed by atoms with van der Waals surface area (Å²) in [4.78, 5) is 24.7. The molecule has 1 aliphatic heterocycles. The zero-order chi connectivity index (χ0) is 22.6. The van der Waals surface area contributed by atoms with E-state index in [9.17, 15) is 18.0 Å². The lowest BCUT2D eigenvalue weighted by Crippen LogP contribution is -2.36. The number of esters is 2. The molecule has 0 radical (unpaired) electrons. The molecule has 3 atom stereocenters. The predicted octanol–water partition coefficient (Wildman–Crippen LogP) is 3.63. The molecule has 8 heteroatoms. The van der Waals surface area contributed by atoms with E-state index in [0.717, 1.165) is 32.1 Å². The van der Waals surface area contributed by atoms with Crippen molar-refractivity contribution in [3.05, 3.63) is 29.8 Å². The Balaban J connectivity index is 1.53. The molecule has 2 aliphatic rings. The van der Waals surface area contributed by atoms with Crippen LogP contribution in [-0.2, 0) is 24.3 Å². The van der Waals surface area contributed by atoms with E-state index in [1.165, 1.54) is 28.6 Å². The smallest absolute Gasteiger partial charge is 0.344 e. The Morgan fingerprint density at radius 3 is 2.35 bits per heavy atom. The monoisotopic (exact) mass is 451 g/mol. The van der Waals surface area contributed by atoms with Gasteiger partial charge in [-0.05, 0) is 67.7 Å². The molecule has 0 spiro atoms. The predicted molar refractivity (Wildman–Crippen MR) is 116 cm³/mol. The van der Waals surface area contributed by atoms with Crippen molar-refractivity contribution in [2.75, 3.05) is 19.7 Å². The zero-order valence-corrected chi connectivity index (χ0v) is 19.4. The van der Waals surface area contributed by atoms with Gasteiger partial charge in [0, 0.05) is 13.1 Å². The number of benzene rings is 1. The first-order valence-electron chi connectivity index (χ1n) is 11.1. The standard InChI is InChI=1S/C23H33NO6S/c1-16(2)20-11-6-17(3)14-21(20)30-22(25)15-29-23(26)18-7-9-19(10-8-18)31(27,28)24-12-4-5-13-24/h7-10,16-17,20-21H,4-6,11-15H2,1-3H3/t17-,20-,21-/m0/s1. The number of ether oxygens (including phenoxy) is 2. The van der Waals surface area contributed by atoms with Crippen molar-refractivity contribution in [2.24, 2.45) is 17.8 Å². The van der Waals surface area contributed by atoms with E-state index in [1.54, 1.807) is 0 Å². The Morgan fingerprint density at radius 1 is 1.10 bits per heavy atom. The quantitative estimate of drug-likeness (QED) is 0.588. The average Bonchev–Trinajstić information content (AvgIpc) is 3.28. The molecule has 172 valence electrons. The Kier molecular flexibility index (Phi) is 7.75. The minimum atomic E-state index is -3.53. The lowest BCUT2D eigenvalue weighted by atomic mass is 9.75. The van der Waals surface area contributed by atoms with Gasteiger partial charge >= 0.3 is 11.9 Å². The first-order valence-corrected chi connectivity index (χ1v) is 12.6. The molecule has 0 bridgehead atoms. The fourth-order valence-corrected chi connectivity index (χ4v) is 6.02. The van der Waals surface area contributed by atoms with Crippen LogP contribution in [0.15, 0.2) is 29.2 Å². The van der Waals surface area contributed by atoms with E-state index in [0.29, 0.717) is 30.8 Å². The van der Waals surface area contributed by atoms with Crippen LogP contribution in [0.5, 0.6) is 0 Å². The van der Waals surface area contributed by atoms with Crippen molar-refractivity contribution < 1.29 is 27.5 Å². The third kappa shape index (κ3) is 5.86. The van der Waals surface area contributed by atoms with E-state index in [1.807, 2.05) is 0 Å². The fraction of sp³-hybridized carbons (Fsp3) is 0.652. The Labute approximate surface area is 185 Å². The Hall–Kier alpha value is -1.93.